The number of nitrogens with two attached hydrogens (primary N) is 1. The highest BCUT2D eigenvalue weighted by Gasteiger charge is 2.36. The van der Waals surface area contributed by atoms with Gasteiger partial charge in [-0.05, 0) is 61.6 Å². The number of pyridine rings is 1. The number of nitrogens with zero attached hydrogens (tertiary/aromatic N) is 4. The molecule has 1 saturated carbocycles. The van der Waals surface area contributed by atoms with E-state index in [-0.39, 0.29) is 23.1 Å². The number of carbonyl (C=O) groups is 1. The number of aliphatic imine (C=N–C) groups is 2. The van der Waals surface area contributed by atoms with Gasteiger partial charge in [-0.3, -0.25) is 4.79 Å². The van der Waals surface area contributed by atoms with Gasteiger partial charge < -0.3 is 15.8 Å². The molecule has 0 aliphatic heterocycles. The number of aromatic nitrogens is 1. The molecule has 0 radical (unpaired) electrons. The van der Waals surface area contributed by atoms with Gasteiger partial charge in [0.05, 0.1) is 29.6 Å². The second-order valence-corrected chi connectivity index (χ2v) is 7.80. The van der Waals surface area contributed by atoms with Crippen molar-refractivity contribution in [1.29, 1.82) is 5.26 Å². The highest BCUT2D eigenvalue weighted by molar-refractivity contribution is 6.01. The summed E-state index contributed by atoms with van der Waals surface area (Å²) in [6.07, 6.45) is -1.14. The summed E-state index contributed by atoms with van der Waals surface area (Å²) in [6.45, 7) is 1.56. The molecule has 1 aromatic heterocycles. The number of amidine groups is 1. The van der Waals surface area contributed by atoms with Crippen LogP contribution in [0.3, 0.4) is 0 Å². The number of methoxy groups -OCH3 is 1. The lowest BCUT2D eigenvalue weighted by Crippen LogP contribution is -2.38. The molecule has 2 aromatic rings. The van der Waals surface area contributed by atoms with E-state index in [9.17, 15) is 18.0 Å². The zero-order valence-corrected chi connectivity index (χ0v) is 18.5. The quantitative estimate of drug-likeness (QED) is 0.467. The van der Waals surface area contributed by atoms with Crippen molar-refractivity contribution in [2.75, 3.05) is 7.11 Å². The van der Waals surface area contributed by atoms with Crippen LogP contribution in [-0.2, 0) is 10.9 Å². The summed E-state index contributed by atoms with van der Waals surface area (Å²) in [7, 11) is 1.44. The van der Waals surface area contributed by atoms with Crippen LogP contribution in [0, 0.1) is 17.2 Å². The molecule has 0 saturated heterocycles. The van der Waals surface area contributed by atoms with Crippen molar-refractivity contribution in [1.82, 2.24) is 10.3 Å². The molecule has 1 aromatic carbocycles. The lowest BCUT2D eigenvalue weighted by Gasteiger charge is -2.19. The number of hydrogen-bond acceptors (Lipinski definition) is 5. The van der Waals surface area contributed by atoms with Crippen LogP contribution in [0.25, 0.3) is 0 Å². The van der Waals surface area contributed by atoms with Crippen molar-refractivity contribution >= 4 is 23.9 Å². The summed E-state index contributed by atoms with van der Waals surface area (Å²) in [6, 6.07) is 7.35. The first-order valence-corrected chi connectivity index (χ1v) is 10.4. The third-order valence-corrected chi connectivity index (χ3v) is 5.23. The average molecular weight is 472 g/mol. The molecule has 1 amide bonds. The fourth-order valence-corrected chi connectivity index (χ4v) is 3.40. The van der Waals surface area contributed by atoms with Gasteiger partial charge in [0.25, 0.3) is 5.91 Å². The Kier molecular flexibility index (Phi) is 7.63. The van der Waals surface area contributed by atoms with E-state index in [4.69, 9.17) is 15.7 Å². The first-order valence-electron chi connectivity index (χ1n) is 10.4. The molecular formula is C23H23F3N6O2. The van der Waals surface area contributed by atoms with E-state index in [1.54, 1.807) is 6.92 Å². The van der Waals surface area contributed by atoms with Gasteiger partial charge >= 0.3 is 6.18 Å². The minimum Gasteiger partial charge on any atom is -0.390 e. The Morgan fingerprint density at radius 3 is 2.62 bits per heavy atom. The van der Waals surface area contributed by atoms with Crippen LogP contribution in [0.4, 0.5) is 19.0 Å². The summed E-state index contributed by atoms with van der Waals surface area (Å²) in [5.74, 6) is -0.318. The normalized spacial score (nSPS) is 16.2. The number of benzene rings is 1. The summed E-state index contributed by atoms with van der Waals surface area (Å²) < 4.78 is 46.0. The number of nitrogens with one attached hydrogen (secondary N) is 1. The van der Waals surface area contributed by atoms with Crippen LogP contribution in [0.1, 0.15) is 52.9 Å². The van der Waals surface area contributed by atoms with Crippen molar-refractivity contribution < 1.29 is 22.7 Å². The highest BCUT2D eigenvalue weighted by Crippen LogP contribution is 2.44. The molecule has 1 heterocycles. The number of halogens is 3. The Bertz CT molecular complexity index is 1130. The van der Waals surface area contributed by atoms with Crippen molar-refractivity contribution in [3.05, 3.63) is 58.8 Å². The molecule has 8 nitrogen and oxygen atoms in total. The summed E-state index contributed by atoms with van der Waals surface area (Å²) >= 11 is 0. The van der Waals surface area contributed by atoms with E-state index in [1.165, 1.54) is 31.5 Å². The molecule has 0 spiro atoms. The molecule has 0 bridgehead atoms. The van der Waals surface area contributed by atoms with Crippen LogP contribution >= 0.6 is 0 Å². The SMILES string of the molecule is COC(c1cc(C(=O)NC(C)C(N=CN)=Nc2ccc(C#N)cn2)cc(C(F)(F)F)c1)C1CC1. The molecule has 3 rings (SSSR count). The number of amides is 1. The molecule has 3 N–H and O–H groups in total. The lowest BCUT2D eigenvalue weighted by molar-refractivity contribution is -0.137. The van der Waals surface area contributed by atoms with Crippen LogP contribution in [0.15, 0.2) is 46.5 Å². The van der Waals surface area contributed by atoms with Crippen LogP contribution in [-0.4, -0.2) is 36.2 Å². The average Bonchev–Trinajstić information content (AvgIpc) is 3.64. The molecule has 178 valence electrons. The van der Waals surface area contributed by atoms with Crippen LogP contribution in [0.2, 0.25) is 0 Å². The summed E-state index contributed by atoms with van der Waals surface area (Å²) in [5.41, 5.74) is 4.94. The zero-order chi connectivity index (χ0) is 24.9. The number of carbonyl (C=O) groups excluding carboxylic acids is 1. The summed E-state index contributed by atoms with van der Waals surface area (Å²) in [4.78, 5) is 25.1. The van der Waals surface area contributed by atoms with Gasteiger partial charge in [-0.1, -0.05) is 0 Å². The largest absolute Gasteiger partial charge is 0.416 e. The standard InChI is InChI=1S/C23H23F3N6O2/c1-13(21(30-12-28)32-19-6-3-14(10-27)11-29-19)31-22(33)17-7-16(20(34-2)15-4-5-15)8-18(9-17)23(24,25)26/h3,6-9,11-13,15,20H,4-5H2,1-2H3,(H,31,33)(H2,28,29,30,32). The predicted molar refractivity (Wildman–Crippen MR) is 120 cm³/mol. The van der Waals surface area contributed by atoms with Gasteiger partial charge in [-0.15, -0.1) is 0 Å². The predicted octanol–water partition coefficient (Wildman–Crippen LogP) is 3.91. The van der Waals surface area contributed by atoms with E-state index in [0.717, 1.165) is 31.3 Å². The van der Waals surface area contributed by atoms with Crippen LogP contribution in [0.5, 0.6) is 0 Å². The number of alkyl halides is 3. The Labute approximate surface area is 194 Å². The molecule has 1 aliphatic carbocycles. The molecule has 34 heavy (non-hydrogen) atoms. The summed E-state index contributed by atoms with van der Waals surface area (Å²) in [5, 5.41) is 11.5. The van der Waals surface area contributed by atoms with Crippen LogP contribution < -0.4 is 11.1 Å². The van der Waals surface area contributed by atoms with Crippen molar-refractivity contribution in [2.24, 2.45) is 21.6 Å². The number of nitriles is 1. The molecule has 11 heteroatoms. The Balaban J connectivity index is 1.88. The van der Waals surface area contributed by atoms with E-state index >= 15 is 0 Å². The second kappa shape index (κ2) is 10.4. The highest BCUT2D eigenvalue weighted by atomic mass is 19.4. The minimum absolute atomic E-state index is 0.0769. The maximum Gasteiger partial charge on any atom is 0.416 e. The van der Waals surface area contributed by atoms with Crippen molar-refractivity contribution in [2.45, 2.75) is 38.1 Å². The van der Waals surface area contributed by atoms with Gasteiger partial charge in [0.2, 0.25) is 0 Å². The third kappa shape index (κ3) is 6.17. The smallest absolute Gasteiger partial charge is 0.390 e. The van der Waals surface area contributed by atoms with Crippen molar-refractivity contribution in [3.8, 4) is 6.07 Å². The van der Waals surface area contributed by atoms with Crippen molar-refractivity contribution in [3.63, 3.8) is 0 Å². The second-order valence-electron chi connectivity index (χ2n) is 7.80. The van der Waals surface area contributed by atoms with E-state index in [1.807, 2.05) is 6.07 Å². The van der Waals surface area contributed by atoms with Gasteiger partial charge in [0.1, 0.15) is 6.07 Å². The molecule has 1 fully saturated rings. The van der Waals surface area contributed by atoms with E-state index in [2.05, 4.69) is 20.3 Å². The Hall–Kier alpha value is -3.78. The third-order valence-electron chi connectivity index (χ3n) is 5.23. The molecular weight excluding hydrogens is 449 g/mol. The topological polar surface area (TPSA) is 126 Å². The van der Waals surface area contributed by atoms with E-state index in [0.29, 0.717) is 11.1 Å². The fourth-order valence-electron chi connectivity index (χ4n) is 3.40. The monoisotopic (exact) mass is 472 g/mol. The number of hydrogen-bond donors (Lipinski definition) is 2. The van der Waals surface area contributed by atoms with E-state index < -0.39 is 29.8 Å². The fraction of sp³-hybridized carbons (Fsp3) is 0.348. The van der Waals surface area contributed by atoms with Gasteiger partial charge in [0.15, 0.2) is 11.7 Å². The lowest BCUT2D eigenvalue weighted by atomic mass is 9.98. The first-order chi connectivity index (χ1) is 16.2. The van der Waals surface area contributed by atoms with Gasteiger partial charge in [-0.25, -0.2) is 15.0 Å². The first kappa shape index (κ1) is 24.9. The maximum absolute atomic E-state index is 13.5. The van der Waals surface area contributed by atoms with Gasteiger partial charge in [0, 0.05) is 18.9 Å². The van der Waals surface area contributed by atoms with Gasteiger partial charge in [-0.2, -0.15) is 18.4 Å². The molecule has 2 unspecified atom stereocenters. The molecule has 1 aliphatic rings. The number of rotatable bonds is 7. The minimum atomic E-state index is -4.63. The Morgan fingerprint density at radius 2 is 2.09 bits per heavy atom. The molecule has 2 atom stereocenters. The Morgan fingerprint density at radius 1 is 1.35 bits per heavy atom. The number of ether oxygens (including phenoxy) is 1. The zero-order valence-electron chi connectivity index (χ0n) is 18.5. The maximum atomic E-state index is 13.5.